The first-order valence-corrected chi connectivity index (χ1v) is 12.4. The minimum absolute atomic E-state index is 0.130. The van der Waals surface area contributed by atoms with Crippen LogP contribution < -0.4 is 4.74 Å². The van der Waals surface area contributed by atoms with Gasteiger partial charge in [-0.1, -0.05) is 44.2 Å². The highest BCUT2D eigenvalue weighted by molar-refractivity contribution is 6.14. The second kappa shape index (κ2) is 8.64. The lowest BCUT2D eigenvalue weighted by Gasteiger charge is -2.57. The standard InChI is InChI=1S/C29H34O4/c1-3-4-27(30)33-24-8-5-22(6-9-24)25-10-7-23(18(2)28(31)32)14-26(25)29-15-19-11-20(16-29)13-21(12-19)17-29/h5-10,14,19-21,27,30H,2-4,11-13,15-17H2,1H3,(H,31,32). The maximum absolute atomic E-state index is 11.7. The van der Waals surface area contributed by atoms with Crippen LogP contribution in [0.1, 0.15) is 69.4 Å². The first-order chi connectivity index (χ1) is 15.9. The maximum Gasteiger partial charge on any atom is 0.335 e. The van der Waals surface area contributed by atoms with E-state index in [0.717, 1.165) is 29.7 Å². The van der Waals surface area contributed by atoms with Crippen molar-refractivity contribution < 1.29 is 19.7 Å². The molecule has 1 atom stereocenters. The van der Waals surface area contributed by atoms with E-state index >= 15 is 0 Å². The summed E-state index contributed by atoms with van der Waals surface area (Å²) in [5.74, 6) is 2.09. The molecule has 0 heterocycles. The Kier molecular flexibility index (Phi) is 5.82. The molecule has 4 bridgehead atoms. The van der Waals surface area contributed by atoms with Crippen LogP contribution in [-0.4, -0.2) is 22.5 Å². The lowest BCUT2D eigenvalue weighted by atomic mass is 9.47. The van der Waals surface area contributed by atoms with E-state index in [2.05, 4.69) is 30.8 Å². The molecule has 4 saturated carbocycles. The van der Waals surface area contributed by atoms with Crippen LogP contribution in [0.15, 0.2) is 49.0 Å². The number of benzene rings is 2. The summed E-state index contributed by atoms with van der Waals surface area (Å²) >= 11 is 0. The highest BCUT2D eigenvalue weighted by atomic mass is 16.6. The highest BCUT2D eigenvalue weighted by Gasteiger charge is 2.52. The van der Waals surface area contributed by atoms with Crippen LogP contribution in [0.25, 0.3) is 16.7 Å². The summed E-state index contributed by atoms with van der Waals surface area (Å²) in [6, 6.07) is 14.0. The van der Waals surface area contributed by atoms with Gasteiger partial charge in [0, 0.05) is 6.42 Å². The Morgan fingerprint density at radius 1 is 1.06 bits per heavy atom. The van der Waals surface area contributed by atoms with Gasteiger partial charge in [-0.3, -0.25) is 0 Å². The summed E-state index contributed by atoms with van der Waals surface area (Å²) in [6.45, 7) is 5.85. The molecule has 4 heteroatoms. The average molecular weight is 447 g/mol. The minimum atomic E-state index is -0.966. The Morgan fingerprint density at radius 2 is 1.67 bits per heavy atom. The fourth-order valence-corrected chi connectivity index (χ4v) is 7.16. The van der Waals surface area contributed by atoms with Crippen LogP contribution in [0.3, 0.4) is 0 Å². The van der Waals surface area contributed by atoms with Crippen LogP contribution in [0.2, 0.25) is 0 Å². The number of rotatable bonds is 8. The molecule has 2 N–H and O–H groups in total. The molecule has 0 aromatic heterocycles. The van der Waals surface area contributed by atoms with Crippen molar-refractivity contribution in [3.05, 3.63) is 60.2 Å². The van der Waals surface area contributed by atoms with E-state index in [1.54, 1.807) is 0 Å². The van der Waals surface area contributed by atoms with Crippen LogP contribution >= 0.6 is 0 Å². The molecule has 4 aliphatic rings. The summed E-state index contributed by atoms with van der Waals surface area (Å²) in [6.07, 6.45) is 8.39. The van der Waals surface area contributed by atoms with Gasteiger partial charge in [0.15, 0.2) is 6.29 Å². The average Bonchev–Trinajstić information content (AvgIpc) is 2.78. The molecular weight excluding hydrogens is 412 g/mol. The number of aliphatic carboxylic acids is 1. The summed E-state index contributed by atoms with van der Waals surface area (Å²) in [5, 5.41) is 19.5. The minimum Gasteiger partial charge on any atom is -0.478 e. The molecule has 0 saturated heterocycles. The lowest BCUT2D eigenvalue weighted by molar-refractivity contribution is -0.130. The maximum atomic E-state index is 11.7. The smallest absolute Gasteiger partial charge is 0.335 e. The van der Waals surface area contributed by atoms with E-state index in [-0.39, 0.29) is 11.0 Å². The molecule has 0 aliphatic heterocycles. The number of carbonyl (C=O) groups is 1. The van der Waals surface area contributed by atoms with E-state index < -0.39 is 12.3 Å². The molecule has 4 fully saturated rings. The number of carboxylic acid groups (broad SMARTS) is 1. The zero-order valence-electron chi connectivity index (χ0n) is 19.4. The van der Waals surface area contributed by atoms with Gasteiger partial charge in [0.25, 0.3) is 0 Å². The first-order valence-electron chi connectivity index (χ1n) is 12.4. The summed E-state index contributed by atoms with van der Waals surface area (Å²) in [7, 11) is 0. The van der Waals surface area contributed by atoms with Gasteiger partial charge in [0.05, 0.1) is 5.57 Å². The molecule has 33 heavy (non-hydrogen) atoms. The van der Waals surface area contributed by atoms with Crippen molar-refractivity contribution in [2.24, 2.45) is 17.8 Å². The number of aliphatic hydroxyl groups excluding tert-OH is 1. The predicted molar refractivity (Wildman–Crippen MR) is 130 cm³/mol. The van der Waals surface area contributed by atoms with Crippen molar-refractivity contribution in [1.29, 1.82) is 0 Å². The molecule has 6 rings (SSSR count). The molecule has 0 amide bonds. The van der Waals surface area contributed by atoms with Crippen molar-refractivity contribution in [3.63, 3.8) is 0 Å². The van der Waals surface area contributed by atoms with Crippen molar-refractivity contribution in [3.8, 4) is 16.9 Å². The molecule has 4 nitrogen and oxygen atoms in total. The van der Waals surface area contributed by atoms with Crippen LogP contribution in [0, 0.1) is 17.8 Å². The normalized spacial score (nSPS) is 28.5. The number of ether oxygens (including phenoxy) is 1. The van der Waals surface area contributed by atoms with Gasteiger partial charge in [-0.2, -0.15) is 0 Å². The van der Waals surface area contributed by atoms with E-state index in [0.29, 0.717) is 17.7 Å². The Labute approximate surface area is 196 Å². The number of hydrogen-bond acceptors (Lipinski definition) is 3. The van der Waals surface area contributed by atoms with E-state index in [9.17, 15) is 15.0 Å². The molecule has 2 aromatic carbocycles. The van der Waals surface area contributed by atoms with E-state index in [1.807, 2.05) is 25.1 Å². The fourth-order valence-electron chi connectivity index (χ4n) is 7.16. The zero-order valence-corrected chi connectivity index (χ0v) is 19.4. The summed E-state index contributed by atoms with van der Waals surface area (Å²) in [5.41, 5.74) is 4.57. The number of carboxylic acids is 1. The third-order valence-electron chi connectivity index (χ3n) is 8.21. The van der Waals surface area contributed by atoms with E-state index in [4.69, 9.17) is 4.74 Å². The van der Waals surface area contributed by atoms with Crippen LogP contribution in [0.5, 0.6) is 5.75 Å². The van der Waals surface area contributed by atoms with Crippen LogP contribution in [0.4, 0.5) is 0 Å². The lowest BCUT2D eigenvalue weighted by Crippen LogP contribution is -2.48. The molecule has 0 radical (unpaired) electrons. The van der Waals surface area contributed by atoms with Gasteiger partial charge >= 0.3 is 5.97 Å². The van der Waals surface area contributed by atoms with Gasteiger partial charge in [-0.25, -0.2) is 4.79 Å². The largest absolute Gasteiger partial charge is 0.478 e. The molecule has 174 valence electrons. The summed E-state index contributed by atoms with van der Waals surface area (Å²) in [4.78, 5) is 11.7. The molecular formula is C29H34O4. The van der Waals surface area contributed by atoms with E-state index in [1.165, 1.54) is 49.7 Å². The number of hydrogen-bond donors (Lipinski definition) is 2. The Morgan fingerprint density at radius 3 is 2.21 bits per heavy atom. The fraction of sp³-hybridized carbons (Fsp3) is 0.483. The Balaban J connectivity index is 1.54. The molecule has 1 unspecified atom stereocenters. The second-order valence-electron chi connectivity index (χ2n) is 10.6. The van der Waals surface area contributed by atoms with Gasteiger partial charge in [-0.15, -0.1) is 0 Å². The molecule has 0 spiro atoms. The monoisotopic (exact) mass is 446 g/mol. The molecule has 2 aromatic rings. The highest BCUT2D eigenvalue weighted by Crippen LogP contribution is 2.62. The van der Waals surface area contributed by atoms with Crippen molar-refractivity contribution >= 4 is 11.5 Å². The third-order valence-corrected chi connectivity index (χ3v) is 8.21. The van der Waals surface area contributed by atoms with Gasteiger partial charge in [0.1, 0.15) is 5.75 Å². The second-order valence-corrected chi connectivity index (χ2v) is 10.6. The Bertz CT molecular complexity index is 1020. The van der Waals surface area contributed by atoms with Crippen LogP contribution in [-0.2, 0) is 10.2 Å². The third kappa shape index (κ3) is 4.21. The Hall–Kier alpha value is -2.59. The SMILES string of the molecule is C=C(C(=O)O)c1ccc(-c2ccc(OC(O)CCC)cc2)c(C23CC4CC(CC(C4)C2)C3)c1. The first kappa shape index (κ1) is 22.2. The topological polar surface area (TPSA) is 66.8 Å². The van der Waals surface area contributed by atoms with Gasteiger partial charge in [-0.05, 0) is 102 Å². The van der Waals surface area contributed by atoms with Crippen molar-refractivity contribution in [2.45, 2.75) is 70.0 Å². The quantitative estimate of drug-likeness (QED) is 0.363. The molecule has 4 aliphatic carbocycles. The van der Waals surface area contributed by atoms with Crippen molar-refractivity contribution in [2.75, 3.05) is 0 Å². The van der Waals surface area contributed by atoms with Gasteiger partial charge in [0.2, 0.25) is 0 Å². The van der Waals surface area contributed by atoms with Crippen molar-refractivity contribution in [1.82, 2.24) is 0 Å². The van der Waals surface area contributed by atoms with Gasteiger partial charge < -0.3 is 14.9 Å². The zero-order chi connectivity index (χ0) is 23.2. The predicted octanol–water partition coefficient (Wildman–Crippen LogP) is 6.42. The number of aliphatic hydroxyl groups is 1. The summed E-state index contributed by atoms with van der Waals surface area (Å²) < 4.78 is 5.63.